The molecule has 0 radical (unpaired) electrons. The number of ketones is 1. The first-order valence-electron chi connectivity index (χ1n) is 5.75. The summed E-state index contributed by atoms with van der Waals surface area (Å²) in [6.45, 7) is 5.69. The molecule has 1 N–H and O–H groups in total. The number of rotatable bonds is 5. The number of nitrogens with one attached hydrogen (secondary N) is 1. The van der Waals surface area contributed by atoms with Gasteiger partial charge in [0.2, 0.25) is 10.0 Å². The summed E-state index contributed by atoms with van der Waals surface area (Å²) in [6, 6.07) is 0. The van der Waals surface area contributed by atoms with E-state index in [9.17, 15) is 13.2 Å². The van der Waals surface area contributed by atoms with Gasteiger partial charge in [0, 0.05) is 6.61 Å². The number of hydrogen-bond acceptors (Lipinski definition) is 4. The van der Waals surface area contributed by atoms with Crippen molar-refractivity contribution in [2.45, 2.75) is 32.9 Å². The van der Waals surface area contributed by atoms with Gasteiger partial charge in [-0.2, -0.15) is 4.72 Å². The summed E-state index contributed by atoms with van der Waals surface area (Å²) in [5.74, 6) is -0.156. The number of carbonyl (C=O) groups excluding carboxylic acids is 1. The molecule has 1 aliphatic rings. The Balaban J connectivity index is 3.23. The molecule has 5 nitrogen and oxygen atoms in total. The zero-order valence-electron chi connectivity index (χ0n) is 11.1. The topological polar surface area (TPSA) is 72.5 Å². The van der Waals surface area contributed by atoms with E-state index in [0.29, 0.717) is 17.8 Å². The predicted molar refractivity (Wildman–Crippen MR) is 69.5 cm³/mol. The number of carbonyl (C=O) groups is 1. The zero-order valence-corrected chi connectivity index (χ0v) is 11.9. The highest BCUT2D eigenvalue weighted by Crippen LogP contribution is 2.31. The third-order valence-corrected chi connectivity index (χ3v) is 3.34. The van der Waals surface area contributed by atoms with Gasteiger partial charge in [0.25, 0.3) is 0 Å². The minimum Gasteiger partial charge on any atom is -0.352 e. The Bertz CT molecular complexity index is 480. The van der Waals surface area contributed by atoms with Crippen LogP contribution in [0.15, 0.2) is 23.3 Å². The maximum absolute atomic E-state index is 11.5. The molecule has 102 valence electrons. The van der Waals surface area contributed by atoms with Crippen LogP contribution in [0.4, 0.5) is 0 Å². The molecule has 0 aromatic heterocycles. The summed E-state index contributed by atoms with van der Waals surface area (Å²) in [7, 11) is -3.46. The fourth-order valence-electron chi connectivity index (χ4n) is 1.92. The third kappa shape index (κ3) is 3.28. The Morgan fingerprint density at radius 2 is 1.78 bits per heavy atom. The normalized spacial score (nSPS) is 19.4. The molecule has 0 aromatic carbocycles. The van der Waals surface area contributed by atoms with Crippen molar-refractivity contribution in [3.63, 3.8) is 0 Å². The van der Waals surface area contributed by atoms with Gasteiger partial charge in [0.1, 0.15) is 0 Å². The summed E-state index contributed by atoms with van der Waals surface area (Å²) in [5, 5.41) is 0. The van der Waals surface area contributed by atoms with Crippen molar-refractivity contribution in [3.05, 3.63) is 23.3 Å². The second-order valence-corrected chi connectivity index (χ2v) is 6.21. The van der Waals surface area contributed by atoms with E-state index in [2.05, 4.69) is 4.72 Å². The van der Waals surface area contributed by atoms with Crippen LogP contribution >= 0.6 is 0 Å². The van der Waals surface area contributed by atoms with Gasteiger partial charge in [-0.05, 0) is 43.6 Å². The molecule has 0 spiro atoms. The molecule has 0 unspecified atom stereocenters. The molecule has 0 fully saturated rings. The summed E-state index contributed by atoms with van der Waals surface area (Å²) in [4.78, 5) is 11.4. The van der Waals surface area contributed by atoms with Crippen LogP contribution < -0.4 is 4.72 Å². The van der Waals surface area contributed by atoms with E-state index >= 15 is 0 Å². The van der Waals surface area contributed by atoms with Crippen LogP contribution in [-0.4, -0.2) is 32.8 Å². The lowest BCUT2D eigenvalue weighted by Crippen LogP contribution is -2.53. The molecule has 0 heterocycles. The number of ether oxygens (including phenoxy) is 1. The van der Waals surface area contributed by atoms with E-state index in [0.717, 1.165) is 12.7 Å². The number of allylic oxidation sites excluding steroid dienone is 2. The van der Waals surface area contributed by atoms with Crippen LogP contribution in [0.1, 0.15) is 27.2 Å². The summed E-state index contributed by atoms with van der Waals surface area (Å²) in [6.07, 6.45) is 4.60. The van der Waals surface area contributed by atoms with Crippen LogP contribution in [-0.2, 0) is 19.6 Å². The van der Waals surface area contributed by atoms with Crippen molar-refractivity contribution >= 4 is 15.8 Å². The van der Waals surface area contributed by atoms with Crippen molar-refractivity contribution in [2.75, 3.05) is 12.9 Å². The first-order chi connectivity index (χ1) is 8.21. The lowest BCUT2D eigenvalue weighted by atomic mass is 9.90. The highest BCUT2D eigenvalue weighted by atomic mass is 32.2. The first-order valence-corrected chi connectivity index (χ1v) is 7.65. The quantitative estimate of drug-likeness (QED) is 0.762. The molecule has 18 heavy (non-hydrogen) atoms. The van der Waals surface area contributed by atoms with Crippen LogP contribution in [0, 0.1) is 0 Å². The average molecular weight is 273 g/mol. The van der Waals surface area contributed by atoms with Crippen molar-refractivity contribution in [1.29, 1.82) is 0 Å². The minimum atomic E-state index is -3.46. The monoisotopic (exact) mass is 273 g/mol. The van der Waals surface area contributed by atoms with Gasteiger partial charge in [-0.1, -0.05) is 6.92 Å². The molecule has 0 bridgehead atoms. The molecular formula is C12H19NO4S. The molecule has 0 amide bonds. The van der Waals surface area contributed by atoms with E-state index in [1.165, 1.54) is 12.2 Å². The van der Waals surface area contributed by atoms with E-state index in [1.807, 2.05) is 6.92 Å². The number of sulfonamides is 1. The van der Waals surface area contributed by atoms with E-state index in [4.69, 9.17) is 4.74 Å². The predicted octanol–water partition coefficient (Wildman–Crippen LogP) is 1.13. The van der Waals surface area contributed by atoms with Gasteiger partial charge >= 0.3 is 0 Å². The van der Waals surface area contributed by atoms with Gasteiger partial charge in [-0.25, -0.2) is 8.42 Å². The van der Waals surface area contributed by atoms with Gasteiger partial charge in [0.05, 0.1) is 6.26 Å². The number of hydrogen-bond donors (Lipinski definition) is 1. The summed E-state index contributed by atoms with van der Waals surface area (Å²) in [5.41, 5.74) is -0.130. The third-order valence-electron chi connectivity index (χ3n) is 2.68. The maximum atomic E-state index is 11.5. The molecular weight excluding hydrogens is 254 g/mol. The van der Waals surface area contributed by atoms with E-state index < -0.39 is 15.7 Å². The van der Waals surface area contributed by atoms with Crippen molar-refractivity contribution in [1.82, 2.24) is 4.72 Å². The average Bonchev–Trinajstić information content (AvgIpc) is 2.20. The fourth-order valence-corrected chi connectivity index (χ4v) is 2.82. The van der Waals surface area contributed by atoms with Crippen molar-refractivity contribution in [2.24, 2.45) is 0 Å². The Hall–Kier alpha value is -0.980. The Morgan fingerprint density at radius 1 is 1.28 bits per heavy atom. The van der Waals surface area contributed by atoms with E-state index in [1.54, 1.807) is 13.8 Å². The lowest BCUT2D eigenvalue weighted by Gasteiger charge is -2.37. The van der Waals surface area contributed by atoms with Crippen LogP contribution in [0.25, 0.3) is 0 Å². The summed E-state index contributed by atoms with van der Waals surface area (Å²) < 4.78 is 31.2. The van der Waals surface area contributed by atoms with Gasteiger partial charge in [-0.15, -0.1) is 0 Å². The molecule has 0 aromatic rings. The molecule has 1 rings (SSSR count). The van der Waals surface area contributed by atoms with Crippen molar-refractivity contribution in [3.8, 4) is 0 Å². The largest absolute Gasteiger partial charge is 0.352 e. The second kappa shape index (κ2) is 5.34. The Kier molecular flexibility index (Phi) is 4.47. The highest BCUT2D eigenvalue weighted by molar-refractivity contribution is 7.88. The molecule has 6 heteroatoms. The van der Waals surface area contributed by atoms with Crippen LogP contribution in [0.5, 0.6) is 0 Å². The minimum absolute atomic E-state index is 0.156. The Labute approximate surface area is 108 Å². The lowest BCUT2D eigenvalue weighted by molar-refractivity contribution is -0.111. The summed E-state index contributed by atoms with van der Waals surface area (Å²) >= 11 is 0. The molecule has 1 aliphatic carbocycles. The molecule has 0 aliphatic heterocycles. The van der Waals surface area contributed by atoms with Gasteiger partial charge in [-0.3, -0.25) is 4.79 Å². The standard InChI is InChI=1S/C12H19NO4S/c1-5-6-17-12(13-18(4,15)16)9(2)7-11(14)8-10(12)3/h7-8,13H,5-6H2,1-4H3. The smallest absolute Gasteiger partial charge is 0.211 e. The molecule has 0 atom stereocenters. The SMILES string of the molecule is CCCOC1(NS(C)(=O)=O)C(C)=CC(=O)C=C1C. The zero-order chi connectivity index (χ0) is 14.0. The van der Waals surface area contributed by atoms with Crippen molar-refractivity contribution < 1.29 is 17.9 Å². The molecule has 0 saturated carbocycles. The Morgan fingerprint density at radius 3 is 2.17 bits per heavy atom. The van der Waals surface area contributed by atoms with Crippen LogP contribution in [0.2, 0.25) is 0 Å². The van der Waals surface area contributed by atoms with Gasteiger partial charge < -0.3 is 4.74 Å². The first kappa shape index (κ1) is 15.1. The maximum Gasteiger partial charge on any atom is 0.211 e. The second-order valence-electron chi connectivity index (χ2n) is 4.46. The molecule has 0 saturated heterocycles. The van der Waals surface area contributed by atoms with Crippen LogP contribution in [0.3, 0.4) is 0 Å². The highest BCUT2D eigenvalue weighted by Gasteiger charge is 2.40. The fraction of sp³-hybridized carbons (Fsp3) is 0.583. The van der Waals surface area contributed by atoms with E-state index in [-0.39, 0.29) is 5.78 Å². The van der Waals surface area contributed by atoms with Gasteiger partial charge in [0.15, 0.2) is 11.5 Å².